The summed E-state index contributed by atoms with van der Waals surface area (Å²) < 4.78 is 5.51. The van der Waals surface area contributed by atoms with Crippen molar-refractivity contribution in [1.82, 2.24) is 4.90 Å². The average Bonchev–Trinajstić information content (AvgIpc) is 2.14. The van der Waals surface area contributed by atoms with E-state index >= 15 is 0 Å². The predicted molar refractivity (Wildman–Crippen MR) is 53.9 cm³/mol. The molecule has 0 saturated heterocycles. The molecule has 0 aliphatic rings. The molecule has 1 rings (SSSR count). The van der Waals surface area contributed by atoms with E-state index in [1.807, 2.05) is 24.3 Å². The van der Waals surface area contributed by atoms with E-state index < -0.39 is 0 Å². The molecule has 0 atom stereocenters. The Balaban J connectivity index is 2.13. The number of ether oxygens (including phenoxy) is 1. The zero-order chi connectivity index (χ0) is 9.52. The summed E-state index contributed by atoms with van der Waals surface area (Å²) in [6, 6.07) is 10.5. The van der Waals surface area contributed by atoms with E-state index in [2.05, 4.69) is 25.1 Å². The second kappa shape index (κ2) is 5.60. The zero-order valence-electron chi connectivity index (χ0n) is 8.29. The summed E-state index contributed by atoms with van der Waals surface area (Å²) in [6.45, 7) is 1.85. The smallest absolute Gasteiger partial charge is 0.119 e. The minimum Gasteiger partial charge on any atom is -0.494 e. The molecule has 0 heterocycles. The highest BCUT2D eigenvalue weighted by molar-refractivity contribution is 5.20. The fraction of sp³-hybridized carbons (Fsp3) is 0.455. The summed E-state index contributed by atoms with van der Waals surface area (Å²) in [6.07, 6.45) is 1.06. The topological polar surface area (TPSA) is 12.5 Å². The molecule has 71 valence electrons. The Bertz CT molecular complexity index is 221. The van der Waals surface area contributed by atoms with Crippen LogP contribution in [0.4, 0.5) is 0 Å². The minimum atomic E-state index is 0.780. The second-order valence-corrected chi connectivity index (χ2v) is 3.24. The average molecular weight is 178 g/mol. The van der Waals surface area contributed by atoms with Crippen LogP contribution in [0, 0.1) is 6.07 Å². The van der Waals surface area contributed by atoms with Crippen LogP contribution in [0.15, 0.2) is 24.3 Å². The van der Waals surface area contributed by atoms with E-state index in [0.29, 0.717) is 0 Å². The van der Waals surface area contributed by atoms with Crippen molar-refractivity contribution in [2.24, 2.45) is 0 Å². The van der Waals surface area contributed by atoms with Gasteiger partial charge in [0.05, 0.1) is 6.61 Å². The third kappa shape index (κ3) is 4.53. The van der Waals surface area contributed by atoms with Crippen LogP contribution in [0.5, 0.6) is 5.75 Å². The summed E-state index contributed by atoms with van der Waals surface area (Å²) in [4.78, 5) is 2.15. The first-order chi connectivity index (χ1) is 6.29. The second-order valence-electron chi connectivity index (χ2n) is 3.24. The van der Waals surface area contributed by atoms with Gasteiger partial charge in [-0.1, -0.05) is 12.1 Å². The molecule has 0 N–H and O–H groups in total. The van der Waals surface area contributed by atoms with Crippen LogP contribution < -0.4 is 4.74 Å². The Morgan fingerprint density at radius 1 is 1.31 bits per heavy atom. The molecule has 1 radical (unpaired) electrons. The van der Waals surface area contributed by atoms with E-state index in [0.717, 1.165) is 25.3 Å². The lowest BCUT2D eigenvalue weighted by Crippen LogP contribution is -2.15. The Labute approximate surface area is 80.1 Å². The zero-order valence-corrected chi connectivity index (χ0v) is 8.29. The van der Waals surface area contributed by atoms with Crippen molar-refractivity contribution in [3.8, 4) is 5.75 Å². The van der Waals surface area contributed by atoms with Gasteiger partial charge in [0, 0.05) is 6.54 Å². The van der Waals surface area contributed by atoms with E-state index in [1.165, 1.54) is 0 Å². The third-order valence-corrected chi connectivity index (χ3v) is 1.71. The number of hydrogen-bond donors (Lipinski definition) is 0. The lowest BCUT2D eigenvalue weighted by molar-refractivity contribution is 0.281. The van der Waals surface area contributed by atoms with Crippen LogP contribution in [-0.2, 0) is 0 Å². The maximum atomic E-state index is 5.51. The van der Waals surface area contributed by atoms with E-state index in [1.54, 1.807) is 0 Å². The molecule has 0 unspecified atom stereocenters. The third-order valence-electron chi connectivity index (χ3n) is 1.71. The first kappa shape index (κ1) is 10.1. The Morgan fingerprint density at radius 3 is 2.62 bits per heavy atom. The monoisotopic (exact) mass is 178 g/mol. The number of nitrogens with zero attached hydrogens (tertiary/aromatic N) is 1. The van der Waals surface area contributed by atoms with Gasteiger partial charge in [-0.05, 0) is 38.7 Å². The van der Waals surface area contributed by atoms with Gasteiger partial charge >= 0.3 is 0 Å². The van der Waals surface area contributed by atoms with Crippen molar-refractivity contribution >= 4 is 0 Å². The summed E-state index contributed by atoms with van der Waals surface area (Å²) in [5, 5.41) is 0. The summed E-state index contributed by atoms with van der Waals surface area (Å²) >= 11 is 0. The van der Waals surface area contributed by atoms with Gasteiger partial charge in [0.15, 0.2) is 0 Å². The quantitative estimate of drug-likeness (QED) is 0.638. The Kier molecular flexibility index (Phi) is 4.33. The summed E-state index contributed by atoms with van der Waals surface area (Å²) in [5.41, 5.74) is 0. The van der Waals surface area contributed by atoms with Gasteiger partial charge in [-0.25, -0.2) is 0 Å². The molecule has 13 heavy (non-hydrogen) atoms. The van der Waals surface area contributed by atoms with Gasteiger partial charge in [-0.15, -0.1) is 0 Å². The van der Waals surface area contributed by atoms with Gasteiger partial charge in [0.2, 0.25) is 0 Å². The van der Waals surface area contributed by atoms with Gasteiger partial charge < -0.3 is 9.64 Å². The minimum absolute atomic E-state index is 0.780. The largest absolute Gasteiger partial charge is 0.494 e. The van der Waals surface area contributed by atoms with Gasteiger partial charge in [-0.2, -0.15) is 0 Å². The SMILES string of the molecule is CN(C)CCCOc1cc[c]cc1. The van der Waals surface area contributed by atoms with Crippen molar-refractivity contribution in [2.45, 2.75) is 6.42 Å². The van der Waals surface area contributed by atoms with Gasteiger partial charge in [-0.3, -0.25) is 0 Å². The highest BCUT2D eigenvalue weighted by Crippen LogP contribution is 2.07. The van der Waals surface area contributed by atoms with Gasteiger partial charge in [0.25, 0.3) is 0 Å². The van der Waals surface area contributed by atoms with Gasteiger partial charge in [0.1, 0.15) is 5.75 Å². The molecule has 0 bridgehead atoms. The molecule has 0 fully saturated rings. The summed E-state index contributed by atoms with van der Waals surface area (Å²) in [7, 11) is 4.13. The number of hydrogen-bond acceptors (Lipinski definition) is 2. The fourth-order valence-electron chi connectivity index (χ4n) is 1.04. The molecule has 0 aliphatic heterocycles. The fourth-order valence-corrected chi connectivity index (χ4v) is 1.04. The molecule has 0 amide bonds. The lowest BCUT2D eigenvalue weighted by Gasteiger charge is -2.09. The highest BCUT2D eigenvalue weighted by Gasteiger charge is 1.92. The van der Waals surface area contributed by atoms with Crippen molar-refractivity contribution < 1.29 is 4.74 Å². The molecule has 1 aromatic carbocycles. The first-order valence-corrected chi connectivity index (χ1v) is 4.52. The molecule has 0 spiro atoms. The Morgan fingerprint density at radius 2 is 2.00 bits per heavy atom. The van der Waals surface area contributed by atoms with Crippen LogP contribution in [0.3, 0.4) is 0 Å². The molecule has 2 heteroatoms. The molecule has 0 aliphatic carbocycles. The lowest BCUT2D eigenvalue weighted by atomic mass is 10.3. The number of benzene rings is 1. The van der Waals surface area contributed by atoms with Crippen molar-refractivity contribution in [3.63, 3.8) is 0 Å². The predicted octanol–water partition coefficient (Wildman–Crippen LogP) is 1.82. The standard InChI is InChI=1S/C11H16NO/c1-12(2)9-6-10-13-11-7-4-3-5-8-11/h4-5,7-8H,6,9-10H2,1-2H3. The molecule has 0 aromatic heterocycles. The highest BCUT2D eigenvalue weighted by atomic mass is 16.5. The van der Waals surface area contributed by atoms with E-state index in [-0.39, 0.29) is 0 Å². The van der Waals surface area contributed by atoms with Crippen LogP contribution >= 0.6 is 0 Å². The van der Waals surface area contributed by atoms with Crippen molar-refractivity contribution in [3.05, 3.63) is 30.3 Å². The molecular formula is C11H16NO. The maximum absolute atomic E-state index is 5.51. The maximum Gasteiger partial charge on any atom is 0.119 e. The first-order valence-electron chi connectivity index (χ1n) is 4.52. The van der Waals surface area contributed by atoms with E-state index in [9.17, 15) is 0 Å². The summed E-state index contributed by atoms with van der Waals surface area (Å²) in [5.74, 6) is 0.928. The molecule has 1 aromatic rings. The normalized spacial score (nSPS) is 10.4. The van der Waals surface area contributed by atoms with Crippen LogP contribution in [0.1, 0.15) is 6.42 Å². The van der Waals surface area contributed by atoms with Crippen molar-refractivity contribution in [2.75, 3.05) is 27.2 Å². The number of rotatable bonds is 5. The molecule has 2 nitrogen and oxygen atoms in total. The molecular weight excluding hydrogens is 162 g/mol. The van der Waals surface area contributed by atoms with E-state index in [4.69, 9.17) is 4.74 Å². The van der Waals surface area contributed by atoms with Crippen molar-refractivity contribution in [1.29, 1.82) is 0 Å². The van der Waals surface area contributed by atoms with Crippen LogP contribution in [-0.4, -0.2) is 32.1 Å². The van der Waals surface area contributed by atoms with Crippen LogP contribution in [0.25, 0.3) is 0 Å². The Hall–Kier alpha value is -1.02. The molecule has 0 saturated carbocycles. The van der Waals surface area contributed by atoms with Crippen LogP contribution in [0.2, 0.25) is 0 Å².